The van der Waals surface area contributed by atoms with Gasteiger partial charge in [-0.15, -0.1) is 0 Å². The van der Waals surface area contributed by atoms with Gasteiger partial charge in [0, 0.05) is 12.6 Å². The lowest BCUT2D eigenvalue weighted by molar-refractivity contribution is -0.116. The van der Waals surface area contributed by atoms with Crippen molar-refractivity contribution in [2.45, 2.75) is 40.2 Å². The van der Waals surface area contributed by atoms with E-state index in [1.165, 1.54) is 5.57 Å². The van der Waals surface area contributed by atoms with Crippen molar-refractivity contribution in [1.29, 1.82) is 0 Å². The molecule has 4 heteroatoms. The average molecular weight is 301 g/mol. The molecule has 1 N–H and O–H groups in total. The molecule has 0 fully saturated rings. The number of amides is 1. The summed E-state index contributed by atoms with van der Waals surface area (Å²) >= 11 is 0. The Balaban J connectivity index is 1.81. The molecule has 0 aromatic heterocycles. The lowest BCUT2D eigenvalue weighted by atomic mass is 10.1. The summed E-state index contributed by atoms with van der Waals surface area (Å²) in [5, 5.41) is 2.89. The summed E-state index contributed by atoms with van der Waals surface area (Å²) in [6.07, 6.45) is 5.73. The molecule has 0 aliphatic carbocycles. The van der Waals surface area contributed by atoms with Gasteiger partial charge in [0.15, 0.2) is 11.5 Å². The minimum Gasteiger partial charge on any atom is -0.454 e. The molecule has 0 atom stereocenters. The van der Waals surface area contributed by atoms with Gasteiger partial charge in [-0.25, -0.2) is 0 Å². The first-order valence-corrected chi connectivity index (χ1v) is 7.51. The van der Waals surface area contributed by atoms with Crippen LogP contribution in [0.1, 0.15) is 39.2 Å². The molecule has 0 bridgehead atoms. The van der Waals surface area contributed by atoms with Crippen LogP contribution < -0.4 is 14.8 Å². The molecule has 0 saturated heterocycles. The topological polar surface area (TPSA) is 47.6 Å². The molecule has 1 aliphatic heterocycles. The molecule has 0 unspecified atom stereocenters. The Morgan fingerprint density at radius 3 is 2.77 bits per heavy atom. The number of carbonyl (C=O) groups excluding carboxylic acids is 1. The number of ether oxygens (including phenoxy) is 2. The highest BCUT2D eigenvalue weighted by molar-refractivity contribution is 5.88. The first-order valence-electron chi connectivity index (χ1n) is 7.51. The third-order valence-corrected chi connectivity index (χ3v) is 3.37. The van der Waals surface area contributed by atoms with Gasteiger partial charge < -0.3 is 14.8 Å². The van der Waals surface area contributed by atoms with Crippen molar-refractivity contribution in [3.8, 4) is 11.5 Å². The van der Waals surface area contributed by atoms with Crippen molar-refractivity contribution in [3.63, 3.8) is 0 Å². The highest BCUT2D eigenvalue weighted by Gasteiger charge is 2.13. The Morgan fingerprint density at radius 1 is 1.23 bits per heavy atom. The quantitative estimate of drug-likeness (QED) is 0.643. The smallest absolute Gasteiger partial charge is 0.244 e. The third-order valence-electron chi connectivity index (χ3n) is 3.37. The van der Waals surface area contributed by atoms with E-state index >= 15 is 0 Å². The van der Waals surface area contributed by atoms with Crippen LogP contribution in [0.3, 0.4) is 0 Å². The van der Waals surface area contributed by atoms with E-state index in [1.807, 2.05) is 25.1 Å². The van der Waals surface area contributed by atoms with Crippen LogP contribution in [0.15, 0.2) is 41.5 Å². The molecule has 0 saturated carbocycles. The SMILES string of the molecule is CC(C)=CCCC(C)=CC(=O)NCc1ccc2c(c1)OCO2. The maximum absolute atomic E-state index is 11.9. The van der Waals surface area contributed by atoms with Crippen LogP contribution in [-0.2, 0) is 11.3 Å². The van der Waals surface area contributed by atoms with Crippen LogP contribution >= 0.6 is 0 Å². The van der Waals surface area contributed by atoms with E-state index < -0.39 is 0 Å². The van der Waals surface area contributed by atoms with Crippen molar-refractivity contribution in [3.05, 3.63) is 47.1 Å². The van der Waals surface area contributed by atoms with E-state index in [1.54, 1.807) is 6.08 Å². The molecular weight excluding hydrogens is 278 g/mol. The number of benzene rings is 1. The number of allylic oxidation sites excluding steroid dienone is 3. The van der Waals surface area contributed by atoms with Crippen molar-refractivity contribution < 1.29 is 14.3 Å². The molecular formula is C18H23NO3. The predicted molar refractivity (Wildman–Crippen MR) is 86.8 cm³/mol. The molecule has 0 radical (unpaired) electrons. The van der Waals surface area contributed by atoms with Crippen molar-refractivity contribution >= 4 is 5.91 Å². The first-order chi connectivity index (χ1) is 10.5. The van der Waals surface area contributed by atoms with E-state index in [9.17, 15) is 4.79 Å². The van der Waals surface area contributed by atoms with E-state index in [2.05, 4.69) is 25.2 Å². The van der Waals surface area contributed by atoms with Gasteiger partial charge in [0.1, 0.15) is 0 Å². The molecule has 1 aliphatic rings. The summed E-state index contributed by atoms with van der Waals surface area (Å²) in [5.41, 5.74) is 3.38. The molecule has 2 rings (SSSR count). The second-order valence-corrected chi connectivity index (χ2v) is 5.72. The van der Waals surface area contributed by atoms with Crippen LogP contribution in [0.5, 0.6) is 11.5 Å². The van der Waals surface area contributed by atoms with Gasteiger partial charge >= 0.3 is 0 Å². The van der Waals surface area contributed by atoms with Crippen molar-refractivity contribution in [2.24, 2.45) is 0 Å². The van der Waals surface area contributed by atoms with Gasteiger partial charge in [-0.2, -0.15) is 0 Å². The van der Waals surface area contributed by atoms with Crippen molar-refractivity contribution in [1.82, 2.24) is 5.32 Å². The normalized spacial score (nSPS) is 13.0. The third kappa shape index (κ3) is 4.95. The highest BCUT2D eigenvalue weighted by Crippen LogP contribution is 2.32. The van der Waals surface area contributed by atoms with E-state index in [4.69, 9.17) is 9.47 Å². The molecule has 118 valence electrons. The number of hydrogen-bond acceptors (Lipinski definition) is 3. The fraction of sp³-hybridized carbons (Fsp3) is 0.389. The zero-order chi connectivity index (χ0) is 15.9. The minimum absolute atomic E-state index is 0.0626. The molecule has 4 nitrogen and oxygen atoms in total. The van der Waals surface area contributed by atoms with Crippen LogP contribution in [0.4, 0.5) is 0 Å². The molecule has 1 amide bonds. The summed E-state index contributed by atoms with van der Waals surface area (Å²) in [6, 6.07) is 5.69. The Kier molecular flexibility index (Phi) is 5.64. The molecule has 0 spiro atoms. The average Bonchev–Trinajstić information content (AvgIpc) is 2.92. The van der Waals surface area contributed by atoms with Crippen LogP contribution in [0.2, 0.25) is 0 Å². The summed E-state index contributed by atoms with van der Waals surface area (Å²) < 4.78 is 10.6. The summed E-state index contributed by atoms with van der Waals surface area (Å²) in [6.45, 7) is 6.89. The fourth-order valence-corrected chi connectivity index (χ4v) is 2.18. The maximum atomic E-state index is 11.9. The van der Waals surface area contributed by atoms with Gasteiger partial charge in [-0.3, -0.25) is 4.79 Å². The number of rotatable bonds is 6. The lowest BCUT2D eigenvalue weighted by Crippen LogP contribution is -2.20. The van der Waals surface area contributed by atoms with Crippen LogP contribution in [0.25, 0.3) is 0 Å². The van der Waals surface area contributed by atoms with E-state index in [0.29, 0.717) is 6.54 Å². The first kappa shape index (κ1) is 16.1. The monoisotopic (exact) mass is 301 g/mol. The van der Waals surface area contributed by atoms with Crippen LogP contribution in [-0.4, -0.2) is 12.7 Å². The number of fused-ring (bicyclic) bond motifs is 1. The van der Waals surface area contributed by atoms with Crippen LogP contribution in [0, 0.1) is 0 Å². The molecule has 1 aromatic rings. The minimum atomic E-state index is -0.0626. The standard InChI is InChI=1S/C18H23NO3/c1-13(2)5-4-6-14(3)9-18(20)19-11-15-7-8-16-17(10-15)22-12-21-16/h5,7-10H,4,6,11-12H2,1-3H3,(H,19,20). The summed E-state index contributed by atoms with van der Waals surface area (Å²) in [7, 11) is 0. The number of hydrogen-bond donors (Lipinski definition) is 1. The van der Waals surface area contributed by atoms with Gasteiger partial charge in [-0.05, 0) is 51.3 Å². The Bertz CT molecular complexity index is 598. The number of carbonyl (C=O) groups is 1. The molecule has 1 aromatic carbocycles. The Morgan fingerprint density at radius 2 is 2.00 bits per heavy atom. The van der Waals surface area contributed by atoms with Crippen molar-refractivity contribution in [2.75, 3.05) is 6.79 Å². The predicted octanol–water partition coefficient (Wildman–Crippen LogP) is 3.72. The second kappa shape index (κ2) is 7.69. The van der Waals surface area contributed by atoms with Gasteiger partial charge in [0.05, 0.1) is 0 Å². The van der Waals surface area contributed by atoms with Gasteiger partial charge in [0.25, 0.3) is 0 Å². The largest absolute Gasteiger partial charge is 0.454 e. The Hall–Kier alpha value is -2.23. The second-order valence-electron chi connectivity index (χ2n) is 5.72. The lowest BCUT2D eigenvalue weighted by Gasteiger charge is -2.05. The van der Waals surface area contributed by atoms with E-state index in [0.717, 1.165) is 35.5 Å². The summed E-state index contributed by atoms with van der Waals surface area (Å²) in [4.78, 5) is 11.9. The zero-order valence-corrected chi connectivity index (χ0v) is 13.4. The fourth-order valence-electron chi connectivity index (χ4n) is 2.18. The maximum Gasteiger partial charge on any atom is 0.244 e. The molecule has 22 heavy (non-hydrogen) atoms. The number of nitrogens with one attached hydrogen (secondary N) is 1. The highest BCUT2D eigenvalue weighted by atomic mass is 16.7. The zero-order valence-electron chi connectivity index (χ0n) is 13.4. The van der Waals surface area contributed by atoms with Gasteiger partial charge in [-0.1, -0.05) is 23.3 Å². The summed E-state index contributed by atoms with van der Waals surface area (Å²) in [5.74, 6) is 1.43. The Labute approximate surface area is 131 Å². The van der Waals surface area contributed by atoms with Gasteiger partial charge in [0.2, 0.25) is 12.7 Å². The molecule has 1 heterocycles. The van der Waals surface area contributed by atoms with E-state index in [-0.39, 0.29) is 12.7 Å².